The number of hydrogen-bond acceptors (Lipinski definition) is 4. The van der Waals surface area contributed by atoms with Crippen molar-refractivity contribution >= 4 is 5.78 Å². The number of halogens is 1. The highest BCUT2D eigenvalue weighted by Gasteiger charge is 2.34. The quantitative estimate of drug-likeness (QED) is 0.789. The van der Waals surface area contributed by atoms with Crippen molar-refractivity contribution in [1.82, 2.24) is 29.4 Å². The number of nitrogens with one attached hydrogen (secondary N) is 1. The van der Waals surface area contributed by atoms with Crippen molar-refractivity contribution in [3.8, 4) is 11.3 Å². The van der Waals surface area contributed by atoms with Crippen LogP contribution in [-0.4, -0.2) is 35.0 Å². The van der Waals surface area contributed by atoms with Gasteiger partial charge in [-0.15, -0.1) is 0 Å². The number of H-pyrrole nitrogens is 1. The van der Waals surface area contributed by atoms with Crippen LogP contribution in [0.2, 0.25) is 0 Å². The Morgan fingerprint density at radius 3 is 2.84 bits per heavy atom. The normalized spacial score (nSPS) is 17.0. The number of aromatic amines is 1. The molecule has 0 radical (unpaired) electrons. The Hall–Kier alpha value is -2.51. The smallest absolute Gasteiger partial charge is 0.278 e. The molecular weight excluding hydrogens is 323 g/mol. The fourth-order valence-corrected chi connectivity index (χ4v) is 3.64. The zero-order valence-electron chi connectivity index (χ0n) is 14.4. The Morgan fingerprint density at radius 2 is 2.12 bits per heavy atom. The molecule has 1 aliphatic rings. The second-order valence-electron chi connectivity index (χ2n) is 7.14. The summed E-state index contributed by atoms with van der Waals surface area (Å²) in [5, 5.41) is 7.08. The first-order chi connectivity index (χ1) is 12.0. The predicted octanol–water partition coefficient (Wildman–Crippen LogP) is 2.69. The lowest BCUT2D eigenvalue weighted by atomic mass is 10.00. The van der Waals surface area contributed by atoms with E-state index in [-0.39, 0.29) is 18.0 Å². The van der Waals surface area contributed by atoms with Gasteiger partial charge in [0, 0.05) is 17.3 Å². The zero-order chi connectivity index (χ0) is 17.6. The predicted molar refractivity (Wildman–Crippen MR) is 91.2 cm³/mol. The zero-order valence-corrected chi connectivity index (χ0v) is 14.4. The van der Waals surface area contributed by atoms with Crippen molar-refractivity contribution in [2.45, 2.75) is 57.7 Å². The number of aromatic nitrogens is 6. The summed E-state index contributed by atoms with van der Waals surface area (Å²) in [5.41, 5.74) is 0.532. The van der Waals surface area contributed by atoms with Crippen LogP contribution in [0.1, 0.15) is 51.0 Å². The lowest BCUT2D eigenvalue weighted by molar-refractivity contribution is 0.139. The molecule has 0 amide bonds. The summed E-state index contributed by atoms with van der Waals surface area (Å²) < 4.78 is 17.7. The maximum absolute atomic E-state index is 14.7. The van der Waals surface area contributed by atoms with Crippen LogP contribution in [0.25, 0.3) is 17.0 Å². The lowest BCUT2D eigenvalue weighted by Gasteiger charge is -2.18. The third-order valence-electron chi connectivity index (χ3n) is 4.90. The third kappa shape index (κ3) is 2.75. The van der Waals surface area contributed by atoms with E-state index >= 15 is 0 Å². The molecular formula is C17H21FN6O. The van der Waals surface area contributed by atoms with Crippen LogP contribution in [0.4, 0.5) is 4.39 Å². The van der Waals surface area contributed by atoms with Crippen LogP contribution < -0.4 is 5.56 Å². The van der Waals surface area contributed by atoms with Crippen LogP contribution in [-0.2, 0) is 6.54 Å². The van der Waals surface area contributed by atoms with Gasteiger partial charge in [0.1, 0.15) is 12.0 Å². The van der Waals surface area contributed by atoms with Crippen molar-refractivity contribution < 1.29 is 4.39 Å². The average Bonchev–Trinajstić information content (AvgIpc) is 3.27. The second kappa shape index (κ2) is 5.79. The summed E-state index contributed by atoms with van der Waals surface area (Å²) in [4.78, 5) is 21.3. The molecule has 3 aromatic rings. The fraction of sp³-hybridized carbons (Fsp3) is 0.529. The summed E-state index contributed by atoms with van der Waals surface area (Å²) >= 11 is 0. The van der Waals surface area contributed by atoms with Gasteiger partial charge >= 0.3 is 0 Å². The number of hydrogen-bond donors (Lipinski definition) is 1. The van der Waals surface area contributed by atoms with Crippen LogP contribution >= 0.6 is 0 Å². The van der Waals surface area contributed by atoms with E-state index in [1.807, 2.05) is 13.8 Å². The molecule has 1 N–H and O–H groups in total. The summed E-state index contributed by atoms with van der Waals surface area (Å²) in [6, 6.07) is 0. The SMILES string of the molecule is CC(C)c1c(-c2cnn(CC3(F)CCCC3)c2)nc2nc[nH]n2c1=O. The van der Waals surface area contributed by atoms with Gasteiger partial charge in [-0.25, -0.2) is 14.4 Å². The van der Waals surface area contributed by atoms with Crippen LogP contribution in [0, 0.1) is 0 Å². The number of rotatable bonds is 4. The van der Waals surface area contributed by atoms with Gasteiger partial charge in [-0.05, 0) is 18.8 Å². The largest absolute Gasteiger partial charge is 0.278 e. The van der Waals surface area contributed by atoms with E-state index in [4.69, 9.17) is 0 Å². The van der Waals surface area contributed by atoms with Crippen molar-refractivity contribution in [2.24, 2.45) is 0 Å². The second-order valence-corrected chi connectivity index (χ2v) is 7.14. The Kier molecular flexibility index (Phi) is 3.70. The summed E-state index contributed by atoms with van der Waals surface area (Å²) in [7, 11) is 0. The Bertz CT molecular complexity index is 963. The molecule has 0 bridgehead atoms. The highest BCUT2D eigenvalue weighted by atomic mass is 19.1. The van der Waals surface area contributed by atoms with Crippen molar-refractivity contribution in [3.05, 3.63) is 34.6 Å². The van der Waals surface area contributed by atoms with Gasteiger partial charge in [0.15, 0.2) is 0 Å². The van der Waals surface area contributed by atoms with Gasteiger partial charge in [0.2, 0.25) is 0 Å². The van der Waals surface area contributed by atoms with Crippen molar-refractivity contribution in [2.75, 3.05) is 0 Å². The maximum Gasteiger partial charge on any atom is 0.278 e. The minimum atomic E-state index is -1.18. The van der Waals surface area contributed by atoms with E-state index in [1.165, 1.54) is 10.8 Å². The fourth-order valence-electron chi connectivity index (χ4n) is 3.64. The van der Waals surface area contributed by atoms with E-state index in [0.29, 0.717) is 35.4 Å². The summed E-state index contributed by atoms with van der Waals surface area (Å²) in [5.74, 6) is 0.302. The first-order valence-corrected chi connectivity index (χ1v) is 8.65. The molecule has 132 valence electrons. The van der Waals surface area contributed by atoms with Gasteiger partial charge in [-0.3, -0.25) is 14.6 Å². The number of alkyl halides is 1. The lowest BCUT2D eigenvalue weighted by Crippen LogP contribution is -2.25. The van der Waals surface area contributed by atoms with Crippen LogP contribution in [0.15, 0.2) is 23.5 Å². The highest BCUT2D eigenvalue weighted by molar-refractivity contribution is 5.63. The topological polar surface area (TPSA) is 80.9 Å². The number of nitrogens with zero attached hydrogens (tertiary/aromatic N) is 5. The van der Waals surface area contributed by atoms with E-state index < -0.39 is 5.67 Å². The average molecular weight is 344 g/mol. The molecule has 0 saturated heterocycles. The molecule has 0 spiro atoms. The van der Waals surface area contributed by atoms with Crippen molar-refractivity contribution in [1.29, 1.82) is 0 Å². The van der Waals surface area contributed by atoms with E-state index in [2.05, 4.69) is 20.2 Å². The molecule has 25 heavy (non-hydrogen) atoms. The first-order valence-electron chi connectivity index (χ1n) is 8.65. The van der Waals surface area contributed by atoms with E-state index in [9.17, 15) is 9.18 Å². The molecule has 7 nitrogen and oxygen atoms in total. The maximum atomic E-state index is 14.7. The molecule has 1 fully saturated rings. The molecule has 3 heterocycles. The summed E-state index contributed by atoms with van der Waals surface area (Å²) in [6.45, 7) is 4.14. The third-order valence-corrected chi connectivity index (χ3v) is 4.90. The van der Waals surface area contributed by atoms with Gasteiger partial charge in [-0.1, -0.05) is 26.7 Å². The Labute approximate surface area is 143 Å². The Balaban J connectivity index is 1.77. The van der Waals surface area contributed by atoms with E-state index in [1.54, 1.807) is 17.1 Å². The highest BCUT2D eigenvalue weighted by Crippen LogP contribution is 2.35. The van der Waals surface area contributed by atoms with Gasteiger partial charge < -0.3 is 0 Å². The van der Waals surface area contributed by atoms with Gasteiger partial charge in [0.05, 0.1) is 18.4 Å². The van der Waals surface area contributed by atoms with E-state index in [0.717, 1.165) is 12.8 Å². The van der Waals surface area contributed by atoms with Gasteiger partial charge in [0.25, 0.3) is 11.3 Å². The summed E-state index contributed by atoms with van der Waals surface area (Å²) in [6.07, 6.45) is 7.88. The Morgan fingerprint density at radius 1 is 1.36 bits per heavy atom. The van der Waals surface area contributed by atoms with Crippen LogP contribution in [0.5, 0.6) is 0 Å². The first kappa shape index (κ1) is 16.0. The molecule has 0 unspecified atom stereocenters. The van der Waals surface area contributed by atoms with Crippen molar-refractivity contribution in [3.63, 3.8) is 0 Å². The molecule has 4 rings (SSSR count). The minimum absolute atomic E-state index is 0.0131. The molecule has 8 heteroatoms. The molecule has 1 aliphatic carbocycles. The molecule has 0 atom stereocenters. The molecule has 3 aromatic heterocycles. The standard InChI is InChI=1S/C17H21FN6O/c1-11(2)13-14(22-16-19-10-21-24(16)15(13)25)12-7-20-23(8-12)9-17(18)5-3-4-6-17/h7-8,10-11H,3-6,9H2,1-2H3,(H,19,21,22). The molecule has 0 aliphatic heterocycles. The minimum Gasteiger partial charge on any atom is -0.278 e. The van der Waals surface area contributed by atoms with Crippen LogP contribution in [0.3, 0.4) is 0 Å². The molecule has 1 saturated carbocycles. The molecule has 0 aromatic carbocycles. The van der Waals surface area contributed by atoms with Gasteiger partial charge in [-0.2, -0.15) is 9.61 Å². The monoisotopic (exact) mass is 344 g/mol. The number of fused-ring (bicyclic) bond motifs is 1.